The fourth-order valence-corrected chi connectivity index (χ4v) is 2.78. The summed E-state index contributed by atoms with van der Waals surface area (Å²) in [5.74, 6) is 0.730. The molecule has 1 N–H and O–H groups in total. The molecule has 0 fully saturated rings. The zero-order chi connectivity index (χ0) is 15.0. The number of aryl methyl sites for hydroxylation is 1. The number of hydrogen-bond acceptors (Lipinski definition) is 4. The van der Waals surface area contributed by atoms with Gasteiger partial charge in [-0.3, -0.25) is 4.98 Å². The predicted molar refractivity (Wildman–Crippen MR) is 84.3 cm³/mol. The van der Waals surface area contributed by atoms with Crippen molar-refractivity contribution in [3.8, 4) is 5.75 Å². The molecule has 0 bridgehead atoms. The Morgan fingerprint density at radius 1 is 1.00 bits per heavy atom. The Morgan fingerprint density at radius 3 is 2.38 bits per heavy atom. The Morgan fingerprint density at radius 2 is 1.71 bits per heavy atom. The van der Waals surface area contributed by atoms with Crippen molar-refractivity contribution in [3.05, 3.63) is 30.1 Å². The standard InChI is InChI=1S/C15H17BN2O3/c1-9-14-11(7-8-17-9)10-5-6-12(19-2)13(15(10)18-14)16(20-3)21-4/h5-8,18H,1-4H3/i16-1. The van der Waals surface area contributed by atoms with Crippen molar-refractivity contribution < 1.29 is 14.0 Å². The molecule has 0 saturated carbocycles. The molecule has 3 rings (SSSR count). The van der Waals surface area contributed by atoms with Gasteiger partial charge < -0.3 is 19.0 Å². The van der Waals surface area contributed by atoms with Crippen molar-refractivity contribution in [1.82, 2.24) is 9.97 Å². The van der Waals surface area contributed by atoms with E-state index in [1.165, 1.54) is 0 Å². The SMILES string of the molecule is CO[10B](OC)c1c(OC)ccc2c1[nH]c1c(C)nccc12. The normalized spacial score (nSPS) is 11.2. The maximum absolute atomic E-state index is 5.47. The highest BCUT2D eigenvalue weighted by Crippen LogP contribution is 2.28. The van der Waals surface area contributed by atoms with Crippen molar-refractivity contribution in [3.63, 3.8) is 0 Å². The maximum atomic E-state index is 5.47. The van der Waals surface area contributed by atoms with Gasteiger partial charge in [0.15, 0.2) is 0 Å². The van der Waals surface area contributed by atoms with E-state index in [9.17, 15) is 0 Å². The molecular formula is C15H17BN2O3. The predicted octanol–water partition coefficient (Wildman–Crippen LogP) is 2.02. The van der Waals surface area contributed by atoms with Crippen LogP contribution in [0.5, 0.6) is 5.75 Å². The van der Waals surface area contributed by atoms with Crippen LogP contribution in [0.4, 0.5) is 0 Å². The lowest BCUT2D eigenvalue weighted by molar-refractivity contribution is 0.290. The van der Waals surface area contributed by atoms with Gasteiger partial charge in [0.05, 0.1) is 18.3 Å². The van der Waals surface area contributed by atoms with Crippen LogP contribution in [0.15, 0.2) is 24.4 Å². The van der Waals surface area contributed by atoms with Crippen LogP contribution < -0.4 is 10.2 Å². The molecule has 1 aromatic carbocycles. The number of nitrogens with zero attached hydrogens (tertiary/aromatic N) is 1. The minimum absolute atomic E-state index is 0.495. The van der Waals surface area contributed by atoms with Gasteiger partial charge in [-0.25, -0.2) is 0 Å². The summed E-state index contributed by atoms with van der Waals surface area (Å²) in [7, 11) is 4.37. The van der Waals surface area contributed by atoms with E-state index >= 15 is 0 Å². The number of nitrogens with one attached hydrogen (secondary N) is 1. The van der Waals surface area contributed by atoms with E-state index in [0.29, 0.717) is 0 Å². The Hall–Kier alpha value is -2.05. The van der Waals surface area contributed by atoms with E-state index in [-0.39, 0.29) is 0 Å². The van der Waals surface area contributed by atoms with E-state index in [1.54, 1.807) is 21.3 Å². The number of pyridine rings is 1. The molecule has 0 unspecified atom stereocenters. The zero-order valence-electron chi connectivity index (χ0n) is 12.6. The van der Waals surface area contributed by atoms with Gasteiger partial charge in [-0.2, -0.15) is 0 Å². The molecule has 5 nitrogen and oxygen atoms in total. The van der Waals surface area contributed by atoms with Gasteiger partial charge in [0.2, 0.25) is 0 Å². The average molecular weight is 283 g/mol. The number of benzene rings is 1. The van der Waals surface area contributed by atoms with Crippen molar-refractivity contribution in [2.24, 2.45) is 0 Å². The zero-order valence-corrected chi connectivity index (χ0v) is 12.6. The molecule has 0 amide bonds. The highest BCUT2D eigenvalue weighted by molar-refractivity contribution is 6.65. The topological polar surface area (TPSA) is 56.4 Å². The van der Waals surface area contributed by atoms with Gasteiger partial charge in [0.25, 0.3) is 0 Å². The summed E-state index contributed by atoms with van der Waals surface area (Å²) in [6.07, 6.45) is 1.82. The van der Waals surface area contributed by atoms with E-state index in [1.807, 2.05) is 31.3 Å². The van der Waals surface area contributed by atoms with Crippen molar-refractivity contribution in [2.45, 2.75) is 6.92 Å². The van der Waals surface area contributed by atoms with Gasteiger partial charge >= 0.3 is 7.12 Å². The highest BCUT2D eigenvalue weighted by Gasteiger charge is 2.27. The summed E-state index contributed by atoms with van der Waals surface area (Å²) >= 11 is 0. The van der Waals surface area contributed by atoms with Gasteiger partial charge in [-0.1, -0.05) is 0 Å². The molecule has 0 radical (unpaired) electrons. The average Bonchev–Trinajstić information content (AvgIpc) is 2.89. The van der Waals surface area contributed by atoms with Gasteiger partial charge in [-0.15, -0.1) is 0 Å². The summed E-state index contributed by atoms with van der Waals surface area (Å²) in [6, 6.07) is 5.98. The second kappa shape index (κ2) is 5.39. The molecule has 2 aromatic heterocycles. The van der Waals surface area contributed by atoms with Gasteiger partial charge in [0, 0.05) is 42.2 Å². The van der Waals surface area contributed by atoms with E-state index < -0.39 is 7.12 Å². The second-order valence-electron chi connectivity index (χ2n) is 4.85. The maximum Gasteiger partial charge on any atom is 0.499 e. The minimum Gasteiger partial charge on any atom is -0.497 e. The Kier molecular flexibility index (Phi) is 3.57. The molecular weight excluding hydrogens is 266 g/mol. The first-order chi connectivity index (χ1) is 10.2. The molecule has 6 heteroatoms. The van der Waals surface area contributed by atoms with Crippen LogP contribution in [0.3, 0.4) is 0 Å². The molecule has 3 aromatic rings. The highest BCUT2D eigenvalue weighted by atomic mass is 16.5. The first-order valence-electron chi connectivity index (χ1n) is 6.70. The molecule has 21 heavy (non-hydrogen) atoms. The lowest BCUT2D eigenvalue weighted by Crippen LogP contribution is -2.36. The molecule has 108 valence electrons. The van der Waals surface area contributed by atoms with Crippen LogP contribution in [-0.4, -0.2) is 38.4 Å². The number of fused-ring (bicyclic) bond motifs is 3. The number of hydrogen-bond donors (Lipinski definition) is 1. The largest absolute Gasteiger partial charge is 0.499 e. The summed E-state index contributed by atoms with van der Waals surface area (Å²) in [5.41, 5.74) is 3.79. The number of aromatic nitrogens is 2. The van der Waals surface area contributed by atoms with Crippen molar-refractivity contribution in [1.29, 1.82) is 0 Å². The molecule has 0 aliphatic carbocycles. The Bertz CT molecular complexity index is 796. The van der Waals surface area contributed by atoms with Crippen molar-refractivity contribution >= 4 is 34.4 Å². The number of aromatic amines is 1. The summed E-state index contributed by atoms with van der Waals surface area (Å²) in [6.45, 7) is 1.98. The summed E-state index contributed by atoms with van der Waals surface area (Å²) in [4.78, 5) is 7.77. The Labute approximate surface area is 123 Å². The first kappa shape index (κ1) is 13.9. The van der Waals surface area contributed by atoms with E-state index in [4.69, 9.17) is 14.0 Å². The van der Waals surface area contributed by atoms with Crippen LogP contribution in [0.1, 0.15) is 5.69 Å². The molecule has 0 aliphatic heterocycles. The molecule has 0 saturated heterocycles. The molecule has 0 spiro atoms. The molecule has 0 atom stereocenters. The van der Waals surface area contributed by atoms with Gasteiger partial charge in [-0.05, 0) is 25.1 Å². The number of H-pyrrole nitrogens is 1. The van der Waals surface area contributed by atoms with Crippen LogP contribution in [0, 0.1) is 6.92 Å². The third-order valence-corrected chi connectivity index (χ3v) is 3.77. The smallest absolute Gasteiger partial charge is 0.497 e. The lowest BCUT2D eigenvalue weighted by Gasteiger charge is -2.14. The summed E-state index contributed by atoms with van der Waals surface area (Å²) < 4.78 is 16.3. The fourth-order valence-electron chi connectivity index (χ4n) is 2.78. The van der Waals surface area contributed by atoms with Crippen LogP contribution >= 0.6 is 0 Å². The summed E-state index contributed by atoms with van der Waals surface area (Å²) in [5, 5.41) is 2.23. The molecule has 0 aliphatic rings. The minimum atomic E-state index is -0.495. The first-order valence-corrected chi connectivity index (χ1v) is 6.70. The van der Waals surface area contributed by atoms with Crippen molar-refractivity contribution in [2.75, 3.05) is 21.3 Å². The van der Waals surface area contributed by atoms with E-state index in [0.717, 1.165) is 38.7 Å². The van der Waals surface area contributed by atoms with Crippen LogP contribution in [-0.2, 0) is 9.31 Å². The Balaban J connectivity index is 2.42. The number of rotatable bonds is 4. The second-order valence-corrected chi connectivity index (χ2v) is 4.85. The van der Waals surface area contributed by atoms with Crippen LogP contribution in [0.25, 0.3) is 21.8 Å². The van der Waals surface area contributed by atoms with Gasteiger partial charge in [0.1, 0.15) is 5.75 Å². The third kappa shape index (κ3) is 2.07. The monoisotopic (exact) mass is 283 g/mol. The molecule has 2 heterocycles. The quantitative estimate of drug-likeness (QED) is 0.744. The van der Waals surface area contributed by atoms with E-state index in [2.05, 4.69) is 9.97 Å². The number of methoxy groups -OCH3 is 1. The third-order valence-electron chi connectivity index (χ3n) is 3.77. The van der Waals surface area contributed by atoms with Crippen LogP contribution in [0.2, 0.25) is 0 Å². The number of ether oxygens (including phenoxy) is 1. The fraction of sp³-hybridized carbons (Fsp3) is 0.267. The lowest BCUT2D eigenvalue weighted by atomic mass is 9.24.